The molecule has 0 saturated carbocycles. The van der Waals surface area contributed by atoms with Gasteiger partial charge in [0.15, 0.2) is 0 Å². The highest BCUT2D eigenvalue weighted by atomic mass is 79.9. The zero-order chi connectivity index (χ0) is 10.6. The van der Waals surface area contributed by atoms with Crippen LogP contribution in [0.2, 0.25) is 0 Å². The van der Waals surface area contributed by atoms with Crippen LogP contribution in [0.1, 0.15) is 25.3 Å². The SMILES string of the molecule is CCNCC(C)c1ccc(F)cc1Br. The van der Waals surface area contributed by atoms with E-state index in [1.54, 1.807) is 0 Å². The van der Waals surface area contributed by atoms with Gasteiger partial charge in [-0.05, 0) is 30.2 Å². The van der Waals surface area contributed by atoms with Gasteiger partial charge >= 0.3 is 0 Å². The second kappa shape index (κ2) is 5.47. The molecule has 1 unspecified atom stereocenters. The van der Waals surface area contributed by atoms with Crippen molar-refractivity contribution in [2.45, 2.75) is 19.8 Å². The van der Waals surface area contributed by atoms with Crippen molar-refractivity contribution in [2.75, 3.05) is 13.1 Å². The van der Waals surface area contributed by atoms with Gasteiger partial charge in [0.1, 0.15) is 5.82 Å². The van der Waals surface area contributed by atoms with E-state index in [-0.39, 0.29) is 5.82 Å². The molecule has 1 N–H and O–H groups in total. The van der Waals surface area contributed by atoms with Crippen LogP contribution in [0.5, 0.6) is 0 Å². The molecule has 1 aromatic carbocycles. The van der Waals surface area contributed by atoms with Gasteiger partial charge in [-0.25, -0.2) is 4.39 Å². The first-order chi connectivity index (χ1) is 6.65. The first kappa shape index (κ1) is 11.7. The number of benzene rings is 1. The lowest BCUT2D eigenvalue weighted by atomic mass is 10.0. The molecule has 0 aliphatic carbocycles. The lowest BCUT2D eigenvalue weighted by Gasteiger charge is -2.13. The van der Waals surface area contributed by atoms with E-state index in [1.807, 2.05) is 6.07 Å². The Morgan fingerprint density at radius 1 is 1.50 bits per heavy atom. The second-order valence-electron chi connectivity index (χ2n) is 3.37. The lowest BCUT2D eigenvalue weighted by Crippen LogP contribution is -2.19. The summed E-state index contributed by atoms with van der Waals surface area (Å²) in [4.78, 5) is 0. The quantitative estimate of drug-likeness (QED) is 0.875. The number of hydrogen-bond acceptors (Lipinski definition) is 1. The fraction of sp³-hybridized carbons (Fsp3) is 0.455. The van der Waals surface area contributed by atoms with E-state index in [0.29, 0.717) is 5.92 Å². The number of halogens is 2. The number of rotatable bonds is 4. The van der Waals surface area contributed by atoms with Gasteiger partial charge in [0.25, 0.3) is 0 Å². The fourth-order valence-corrected chi connectivity index (χ4v) is 2.11. The van der Waals surface area contributed by atoms with Crippen LogP contribution in [0.4, 0.5) is 4.39 Å². The molecule has 0 spiro atoms. The van der Waals surface area contributed by atoms with Crippen molar-refractivity contribution in [1.29, 1.82) is 0 Å². The van der Waals surface area contributed by atoms with Gasteiger partial charge in [-0.15, -0.1) is 0 Å². The van der Waals surface area contributed by atoms with Crippen molar-refractivity contribution in [2.24, 2.45) is 0 Å². The summed E-state index contributed by atoms with van der Waals surface area (Å²) in [5.74, 6) is 0.196. The Bertz CT molecular complexity index is 301. The molecule has 0 amide bonds. The second-order valence-corrected chi connectivity index (χ2v) is 4.23. The fourth-order valence-electron chi connectivity index (χ4n) is 1.37. The van der Waals surface area contributed by atoms with Gasteiger partial charge in [-0.1, -0.05) is 35.8 Å². The Kier molecular flexibility index (Phi) is 4.55. The molecule has 0 saturated heterocycles. The average molecular weight is 260 g/mol. The van der Waals surface area contributed by atoms with Gasteiger partial charge in [0.05, 0.1) is 0 Å². The maximum atomic E-state index is 12.8. The minimum atomic E-state index is -0.198. The molecule has 0 aromatic heterocycles. The van der Waals surface area contributed by atoms with Gasteiger partial charge in [-0.3, -0.25) is 0 Å². The van der Waals surface area contributed by atoms with Gasteiger partial charge in [-0.2, -0.15) is 0 Å². The van der Waals surface area contributed by atoms with E-state index >= 15 is 0 Å². The monoisotopic (exact) mass is 259 g/mol. The summed E-state index contributed by atoms with van der Waals surface area (Å²) >= 11 is 3.37. The predicted octanol–water partition coefficient (Wildman–Crippen LogP) is 3.30. The summed E-state index contributed by atoms with van der Waals surface area (Å²) < 4.78 is 13.7. The standard InChI is InChI=1S/C11H15BrFN/c1-3-14-7-8(2)10-5-4-9(13)6-11(10)12/h4-6,8,14H,3,7H2,1-2H3. The molecule has 0 aliphatic rings. The van der Waals surface area contributed by atoms with Gasteiger partial charge in [0.2, 0.25) is 0 Å². The third kappa shape index (κ3) is 3.07. The van der Waals surface area contributed by atoms with E-state index < -0.39 is 0 Å². The highest BCUT2D eigenvalue weighted by molar-refractivity contribution is 9.10. The van der Waals surface area contributed by atoms with Crippen molar-refractivity contribution in [3.8, 4) is 0 Å². The molecule has 0 fully saturated rings. The van der Waals surface area contributed by atoms with Crippen LogP contribution >= 0.6 is 15.9 Å². The first-order valence-corrected chi connectivity index (χ1v) is 5.60. The molecular weight excluding hydrogens is 245 g/mol. The minimum Gasteiger partial charge on any atom is -0.316 e. The largest absolute Gasteiger partial charge is 0.316 e. The molecule has 0 aliphatic heterocycles. The Labute approximate surface area is 92.8 Å². The number of likely N-dealkylation sites (N-methyl/N-ethyl adjacent to an activating group) is 1. The van der Waals surface area contributed by atoms with Crippen LogP contribution in [0, 0.1) is 5.82 Å². The van der Waals surface area contributed by atoms with Crippen molar-refractivity contribution in [1.82, 2.24) is 5.32 Å². The molecule has 0 heterocycles. The molecule has 78 valence electrons. The van der Waals surface area contributed by atoms with Crippen molar-refractivity contribution >= 4 is 15.9 Å². The molecule has 0 bridgehead atoms. The summed E-state index contributed by atoms with van der Waals surface area (Å²) in [6.07, 6.45) is 0. The van der Waals surface area contributed by atoms with E-state index in [1.165, 1.54) is 12.1 Å². The molecule has 1 rings (SSSR count). The lowest BCUT2D eigenvalue weighted by molar-refractivity contribution is 0.614. The average Bonchev–Trinajstić information content (AvgIpc) is 2.14. The zero-order valence-corrected chi connectivity index (χ0v) is 10.1. The maximum absolute atomic E-state index is 12.8. The minimum absolute atomic E-state index is 0.198. The van der Waals surface area contributed by atoms with E-state index in [2.05, 4.69) is 35.1 Å². The summed E-state index contributed by atoms with van der Waals surface area (Å²) in [6, 6.07) is 4.85. The van der Waals surface area contributed by atoms with Crippen LogP contribution in [-0.2, 0) is 0 Å². The van der Waals surface area contributed by atoms with Gasteiger partial charge < -0.3 is 5.32 Å². The first-order valence-electron chi connectivity index (χ1n) is 4.80. The normalized spacial score (nSPS) is 12.9. The predicted molar refractivity (Wildman–Crippen MR) is 61.1 cm³/mol. The highest BCUT2D eigenvalue weighted by Crippen LogP contribution is 2.25. The van der Waals surface area contributed by atoms with Crippen LogP contribution < -0.4 is 5.32 Å². The Balaban J connectivity index is 2.74. The van der Waals surface area contributed by atoms with Crippen LogP contribution in [0.25, 0.3) is 0 Å². The number of nitrogens with one attached hydrogen (secondary N) is 1. The van der Waals surface area contributed by atoms with Crippen molar-refractivity contribution in [3.05, 3.63) is 34.1 Å². The molecule has 3 heteroatoms. The maximum Gasteiger partial charge on any atom is 0.124 e. The molecule has 1 nitrogen and oxygen atoms in total. The Morgan fingerprint density at radius 2 is 2.21 bits per heavy atom. The van der Waals surface area contributed by atoms with Crippen LogP contribution in [0.3, 0.4) is 0 Å². The molecule has 1 atom stereocenters. The third-order valence-corrected chi connectivity index (χ3v) is 2.88. The van der Waals surface area contributed by atoms with Crippen molar-refractivity contribution in [3.63, 3.8) is 0 Å². The summed E-state index contributed by atoms with van der Waals surface area (Å²) in [5.41, 5.74) is 1.15. The molecule has 14 heavy (non-hydrogen) atoms. The van der Waals surface area contributed by atoms with Crippen LogP contribution in [-0.4, -0.2) is 13.1 Å². The third-order valence-electron chi connectivity index (χ3n) is 2.19. The van der Waals surface area contributed by atoms with E-state index in [4.69, 9.17) is 0 Å². The number of hydrogen-bond donors (Lipinski definition) is 1. The molecule has 0 radical (unpaired) electrons. The topological polar surface area (TPSA) is 12.0 Å². The smallest absolute Gasteiger partial charge is 0.124 e. The summed E-state index contributed by atoms with van der Waals surface area (Å²) in [7, 11) is 0. The summed E-state index contributed by atoms with van der Waals surface area (Å²) in [5, 5.41) is 3.27. The molecular formula is C11H15BrFN. The summed E-state index contributed by atoms with van der Waals surface area (Å²) in [6.45, 7) is 6.08. The van der Waals surface area contributed by atoms with Crippen LogP contribution in [0.15, 0.2) is 22.7 Å². The van der Waals surface area contributed by atoms with E-state index in [9.17, 15) is 4.39 Å². The Morgan fingerprint density at radius 3 is 2.79 bits per heavy atom. The van der Waals surface area contributed by atoms with Gasteiger partial charge in [0, 0.05) is 11.0 Å². The zero-order valence-electron chi connectivity index (χ0n) is 8.48. The highest BCUT2D eigenvalue weighted by Gasteiger charge is 2.09. The van der Waals surface area contributed by atoms with E-state index in [0.717, 1.165) is 23.1 Å². The Hall–Kier alpha value is -0.410. The van der Waals surface area contributed by atoms with Crippen molar-refractivity contribution < 1.29 is 4.39 Å². The molecule has 1 aromatic rings.